The van der Waals surface area contributed by atoms with Gasteiger partial charge in [-0.2, -0.15) is 0 Å². The number of benzene rings is 1. The fourth-order valence-corrected chi connectivity index (χ4v) is 1.78. The molecule has 0 heterocycles. The molecule has 0 aliphatic heterocycles. The predicted molar refractivity (Wildman–Crippen MR) is 73.6 cm³/mol. The summed E-state index contributed by atoms with van der Waals surface area (Å²) in [5.74, 6) is -0.414. The maximum absolute atomic E-state index is 12.2. The fraction of sp³-hybridized carbons (Fsp3) is 0.385. The van der Waals surface area contributed by atoms with Crippen LogP contribution in [0.15, 0.2) is 29.2 Å². The SMILES string of the molecule is CC(C)CN(CC(N)=O)C(=O)c1ccc(S)cc1. The number of amides is 2. The lowest BCUT2D eigenvalue weighted by atomic mass is 10.1. The van der Waals surface area contributed by atoms with Crippen molar-refractivity contribution in [2.24, 2.45) is 11.7 Å². The van der Waals surface area contributed by atoms with E-state index in [4.69, 9.17) is 5.73 Å². The lowest BCUT2D eigenvalue weighted by Crippen LogP contribution is -2.40. The van der Waals surface area contributed by atoms with E-state index >= 15 is 0 Å². The van der Waals surface area contributed by atoms with E-state index in [9.17, 15) is 9.59 Å². The molecule has 5 heteroatoms. The average molecular weight is 266 g/mol. The molecule has 98 valence electrons. The molecule has 2 N–H and O–H groups in total. The summed E-state index contributed by atoms with van der Waals surface area (Å²) in [7, 11) is 0. The second-order valence-corrected chi connectivity index (χ2v) is 5.11. The molecule has 1 aromatic carbocycles. The van der Waals surface area contributed by atoms with Crippen LogP contribution in [-0.4, -0.2) is 29.8 Å². The van der Waals surface area contributed by atoms with E-state index in [2.05, 4.69) is 12.6 Å². The summed E-state index contributed by atoms with van der Waals surface area (Å²) >= 11 is 4.16. The normalized spacial score (nSPS) is 10.4. The fourth-order valence-electron chi connectivity index (χ4n) is 1.63. The monoisotopic (exact) mass is 266 g/mol. The largest absolute Gasteiger partial charge is 0.368 e. The predicted octanol–water partition coefficient (Wildman–Crippen LogP) is 1.56. The zero-order valence-electron chi connectivity index (χ0n) is 10.6. The molecule has 1 aromatic rings. The van der Waals surface area contributed by atoms with Crippen LogP contribution in [0.3, 0.4) is 0 Å². The topological polar surface area (TPSA) is 63.4 Å². The maximum Gasteiger partial charge on any atom is 0.254 e. The van der Waals surface area contributed by atoms with Gasteiger partial charge in [0, 0.05) is 17.0 Å². The number of carbonyl (C=O) groups is 2. The van der Waals surface area contributed by atoms with Gasteiger partial charge in [-0.1, -0.05) is 13.8 Å². The van der Waals surface area contributed by atoms with Crippen LogP contribution in [0.25, 0.3) is 0 Å². The Balaban J connectivity index is 2.87. The molecular formula is C13H18N2O2S. The first-order valence-electron chi connectivity index (χ1n) is 5.76. The van der Waals surface area contributed by atoms with Crippen molar-refractivity contribution in [3.05, 3.63) is 29.8 Å². The third-order valence-corrected chi connectivity index (χ3v) is 2.63. The number of carbonyl (C=O) groups excluding carboxylic acids is 2. The van der Waals surface area contributed by atoms with Gasteiger partial charge >= 0.3 is 0 Å². The van der Waals surface area contributed by atoms with Gasteiger partial charge in [-0.3, -0.25) is 9.59 Å². The number of hydrogen-bond acceptors (Lipinski definition) is 3. The van der Waals surface area contributed by atoms with E-state index in [1.54, 1.807) is 24.3 Å². The highest BCUT2D eigenvalue weighted by atomic mass is 32.1. The Labute approximate surface area is 113 Å². The molecule has 4 nitrogen and oxygen atoms in total. The number of thiol groups is 1. The van der Waals surface area contributed by atoms with E-state index in [0.717, 1.165) is 4.90 Å². The van der Waals surface area contributed by atoms with Crippen molar-refractivity contribution < 1.29 is 9.59 Å². The summed E-state index contributed by atoms with van der Waals surface area (Å²) in [5, 5.41) is 0. The molecule has 0 fully saturated rings. The first-order valence-corrected chi connectivity index (χ1v) is 6.21. The van der Waals surface area contributed by atoms with Gasteiger partial charge in [0.15, 0.2) is 0 Å². The second-order valence-electron chi connectivity index (χ2n) is 4.59. The van der Waals surface area contributed by atoms with Crippen molar-refractivity contribution >= 4 is 24.4 Å². The van der Waals surface area contributed by atoms with Crippen molar-refractivity contribution in [2.45, 2.75) is 18.7 Å². The Morgan fingerprint density at radius 3 is 2.28 bits per heavy atom. The highest BCUT2D eigenvalue weighted by molar-refractivity contribution is 7.80. The molecule has 0 radical (unpaired) electrons. The standard InChI is InChI=1S/C13H18N2O2S/c1-9(2)7-15(8-12(14)16)13(17)10-3-5-11(18)6-4-10/h3-6,9,18H,7-8H2,1-2H3,(H2,14,16). The second kappa shape index (κ2) is 6.44. The molecular weight excluding hydrogens is 248 g/mol. The zero-order valence-corrected chi connectivity index (χ0v) is 11.5. The molecule has 0 aliphatic carbocycles. The van der Waals surface area contributed by atoms with E-state index < -0.39 is 5.91 Å². The number of rotatable bonds is 5. The van der Waals surface area contributed by atoms with Crippen molar-refractivity contribution in [3.63, 3.8) is 0 Å². The Morgan fingerprint density at radius 1 is 1.28 bits per heavy atom. The summed E-state index contributed by atoms with van der Waals surface area (Å²) in [6, 6.07) is 6.88. The van der Waals surface area contributed by atoms with Crippen LogP contribution in [0, 0.1) is 5.92 Å². The Morgan fingerprint density at radius 2 is 1.83 bits per heavy atom. The molecule has 0 aliphatic rings. The number of hydrogen-bond donors (Lipinski definition) is 2. The summed E-state index contributed by atoms with van der Waals surface area (Å²) in [6.07, 6.45) is 0. The van der Waals surface area contributed by atoms with Crippen molar-refractivity contribution in [1.29, 1.82) is 0 Å². The lowest BCUT2D eigenvalue weighted by molar-refractivity contribution is -0.118. The van der Waals surface area contributed by atoms with Crippen molar-refractivity contribution in [1.82, 2.24) is 4.90 Å². The summed E-state index contributed by atoms with van der Waals surface area (Å²) in [4.78, 5) is 25.5. The highest BCUT2D eigenvalue weighted by Gasteiger charge is 2.18. The third-order valence-electron chi connectivity index (χ3n) is 2.33. The Hall–Kier alpha value is -1.49. The minimum atomic E-state index is -0.505. The van der Waals surface area contributed by atoms with Crippen LogP contribution < -0.4 is 5.73 Å². The zero-order chi connectivity index (χ0) is 13.7. The van der Waals surface area contributed by atoms with E-state index in [1.807, 2.05) is 13.8 Å². The van der Waals surface area contributed by atoms with E-state index in [1.165, 1.54) is 4.90 Å². The first kappa shape index (κ1) is 14.6. The van der Waals surface area contributed by atoms with Gasteiger partial charge in [-0.15, -0.1) is 12.6 Å². The molecule has 0 bridgehead atoms. The van der Waals surface area contributed by atoms with Crippen LogP contribution in [-0.2, 0) is 4.79 Å². The van der Waals surface area contributed by atoms with Gasteiger partial charge in [0.25, 0.3) is 5.91 Å². The summed E-state index contributed by atoms with van der Waals surface area (Å²) < 4.78 is 0. The van der Waals surface area contributed by atoms with Gasteiger partial charge in [-0.25, -0.2) is 0 Å². The Bertz CT molecular complexity index is 429. The van der Waals surface area contributed by atoms with Crippen molar-refractivity contribution in [3.8, 4) is 0 Å². The van der Waals surface area contributed by atoms with Crippen LogP contribution >= 0.6 is 12.6 Å². The van der Waals surface area contributed by atoms with Gasteiger partial charge in [0.2, 0.25) is 5.91 Å². The van der Waals surface area contributed by atoms with Gasteiger partial charge in [-0.05, 0) is 30.2 Å². The van der Waals surface area contributed by atoms with E-state index in [-0.39, 0.29) is 18.4 Å². The highest BCUT2D eigenvalue weighted by Crippen LogP contribution is 2.11. The number of nitrogens with two attached hydrogens (primary N) is 1. The van der Waals surface area contributed by atoms with Gasteiger partial charge in [0.1, 0.15) is 0 Å². The summed E-state index contributed by atoms with van der Waals surface area (Å²) in [6.45, 7) is 4.42. The van der Waals surface area contributed by atoms with Crippen molar-refractivity contribution in [2.75, 3.05) is 13.1 Å². The quantitative estimate of drug-likeness (QED) is 0.794. The number of nitrogens with zero attached hydrogens (tertiary/aromatic N) is 1. The van der Waals surface area contributed by atoms with Gasteiger partial charge in [0.05, 0.1) is 6.54 Å². The molecule has 18 heavy (non-hydrogen) atoms. The average Bonchev–Trinajstić information content (AvgIpc) is 2.27. The Kier molecular flexibility index (Phi) is 5.22. The van der Waals surface area contributed by atoms with Crippen LogP contribution in [0.2, 0.25) is 0 Å². The smallest absolute Gasteiger partial charge is 0.254 e. The molecule has 0 aromatic heterocycles. The van der Waals surface area contributed by atoms with Crippen LogP contribution in [0.4, 0.5) is 0 Å². The summed E-state index contributed by atoms with van der Waals surface area (Å²) in [5.41, 5.74) is 5.70. The molecule has 1 rings (SSSR count). The lowest BCUT2D eigenvalue weighted by Gasteiger charge is -2.23. The third kappa shape index (κ3) is 4.41. The molecule has 0 atom stereocenters. The molecule has 0 saturated heterocycles. The van der Waals surface area contributed by atoms with Crippen LogP contribution in [0.5, 0.6) is 0 Å². The number of primary amides is 1. The van der Waals surface area contributed by atoms with Crippen LogP contribution in [0.1, 0.15) is 24.2 Å². The first-order chi connectivity index (χ1) is 8.40. The molecule has 2 amide bonds. The van der Waals surface area contributed by atoms with Gasteiger partial charge < -0.3 is 10.6 Å². The molecule has 0 spiro atoms. The van der Waals surface area contributed by atoms with E-state index in [0.29, 0.717) is 12.1 Å². The maximum atomic E-state index is 12.2. The molecule has 0 unspecified atom stereocenters. The molecule has 0 saturated carbocycles. The minimum absolute atomic E-state index is 0.0559. The minimum Gasteiger partial charge on any atom is -0.368 e.